The molecule has 4 heteroatoms. The molecule has 0 saturated carbocycles. The highest BCUT2D eigenvalue weighted by Crippen LogP contribution is 2.34. The minimum atomic E-state index is 0.0694. The first-order chi connectivity index (χ1) is 14.4. The van der Waals surface area contributed by atoms with Gasteiger partial charge < -0.3 is 0 Å². The number of hydrogen-bond donors (Lipinski definition) is 0. The van der Waals surface area contributed by atoms with Gasteiger partial charge in [-0.1, -0.05) is 75.4 Å². The Morgan fingerprint density at radius 1 is 1.03 bits per heavy atom. The van der Waals surface area contributed by atoms with E-state index < -0.39 is 0 Å². The molecule has 3 nitrogen and oxygen atoms in total. The second kappa shape index (κ2) is 7.06. The second-order valence-corrected chi connectivity index (χ2v) is 9.91. The Hall–Kier alpha value is -2.98. The van der Waals surface area contributed by atoms with Crippen molar-refractivity contribution in [2.45, 2.75) is 39.2 Å². The second-order valence-electron chi connectivity index (χ2n) is 8.88. The quantitative estimate of drug-likeness (QED) is 0.384. The van der Waals surface area contributed by atoms with Gasteiger partial charge in [0.05, 0.1) is 5.39 Å². The molecule has 30 heavy (non-hydrogen) atoms. The molecule has 0 unspecified atom stereocenters. The van der Waals surface area contributed by atoms with Gasteiger partial charge in [0, 0.05) is 11.4 Å². The summed E-state index contributed by atoms with van der Waals surface area (Å²) >= 11 is 1.59. The average Bonchev–Trinajstić information content (AvgIpc) is 3.34. The summed E-state index contributed by atoms with van der Waals surface area (Å²) in [6.07, 6.45) is 3.02. The number of fused-ring (bicyclic) bond motifs is 2. The lowest BCUT2D eigenvalue weighted by atomic mass is 9.86. The van der Waals surface area contributed by atoms with Crippen LogP contribution in [-0.4, -0.2) is 9.55 Å². The Kier molecular flexibility index (Phi) is 4.48. The summed E-state index contributed by atoms with van der Waals surface area (Å²) in [6, 6.07) is 20.9. The van der Waals surface area contributed by atoms with Crippen molar-refractivity contribution in [3.63, 3.8) is 0 Å². The van der Waals surface area contributed by atoms with Gasteiger partial charge in [0.25, 0.3) is 5.56 Å². The SMILES string of the molecule is CC(C)(C)c1ccc(C=C2CCn3c2nc2sc(-c4ccccc4)cc2c3=O)cc1. The molecule has 3 heterocycles. The summed E-state index contributed by atoms with van der Waals surface area (Å²) in [4.78, 5) is 19.9. The predicted molar refractivity (Wildman–Crippen MR) is 127 cm³/mol. The first-order valence-corrected chi connectivity index (χ1v) is 11.1. The lowest BCUT2D eigenvalue weighted by molar-refractivity contribution is 0.590. The monoisotopic (exact) mass is 412 g/mol. The molecule has 0 spiro atoms. The number of thiophene rings is 1. The average molecular weight is 413 g/mol. The number of benzene rings is 2. The number of nitrogens with zero attached hydrogens (tertiary/aromatic N) is 2. The van der Waals surface area contributed by atoms with E-state index in [-0.39, 0.29) is 11.0 Å². The lowest BCUT2D eigenvalue weighted by Gasteiger charge is -2.18. The normalized spacial score (nSPS) is 15.1. The van der Waals surface area contributed by atoms with E-state index in [0.29, 0.717) is 6.54 Å². The molecule has 4 aromatic rings. The van der Waals surface area contributed by atoms with Crippen LogP contribution in [0.5, 0.6) is 0 Å². The third-order valence-corrected chi connectivity index (χ3v) is 6.80. The lowest BCUT2D eigenvalue weighted by Crippen LogP contribution is -2.19. The molecule has 1 aliphatic heterocycles. The maximum atomic E-state index is 13.1. The zero-order valence-electron chi connectivity index (χ0n) is 17.5. The summed E-state index contributed by atoms with van der Waals surface area (Å²) in [5.74, 6) is 0.814. The summed E-state index contributed by atoms with van der Waals surface area (Å²) in [5, 5.41) is 0.721. The first-order valence-electron chi connectivity index (χ1n) is 10.3. The van der Waals surface area contributed by atoms with Gasteiger partial charge in [-0.2, -0.15) is 0 Å². The molecule has 0 amide bonds. The van der Waals surface area contributed by atoms with Crippen molar-refractivity contribution in [3.05, 3.63) is 88.0 Å². The van der Waals surface area contributed by atoms with Crippen LogP contribution in [0.15, 0.2) is 65.5 Å². The fourth-order valence-electron chi connectivity index (χ4n) is 3.97. The summed E-state index contributed by atoms with van der Waals surface area (Å²) in [6.45, 7) is 7.36. The topological polar surface area (TPSA) is 34.9 Å². The highest BCUT2D eigenvalue weighted by atomic mass is 32.1. The minimum absolute atomic E-state index is 0.0694. The molecule has 0 N–H and O–H groups in total. The van der Waals surface area contributed by atoms with Gasteiger partial charge in [0.2, 0.25) is 0 Å². The van der Waals surface area contributed by atoms with Crippen molar-refractivity contribution in [1.29, 1.82) is 0 Å². The zero-order valence-corrected chi connectivity index (χ0v) is 18.3. The van der Waals surface area contributed by atoms with Crippen LogP contribution in [0.25, 0.3) is 32.3 Å². The van der Waals surface area contributed by atoms with Crippen molar-refractivity contribution in [1.82, 2.24) is 9.55 Å². The van der Waals surface area contributed by atoms with Crippen LogP contribution >= 0.6 is 11.3 Å². The molecule has 5 rings (SSSR count). The van der Waals surface area contributed by atoms with Gasteiger partial charge in [0.1, 0.15) is 10.7 Å². The van der Waals surface area contributed by atoms with Crippen LogP contribution in [0.2, 0.25) is 0 Å². The van der Waals surface area contributed by atoms with Crippen molar-refractivity contribution in [2.75, 3.05) is 0 Å². The Morgan fingerprint density at radius 2 is 1.77 bits per heavy atom. The minimum Gasteiger partial charge on any atom is -0.292 e. The largest absolute Gasteiger partial charge is 0.292 e. The van der Waals surface area contributed by atoms with Gasteiger partial charge in [-0.25, -0.2) is 4.98 Å². The Labute approximate surface area is 180 Å². The van der Waals surface area contributed by atoms with E-state index in [1.807, 2.05) is 28.8 Å². The number of rotatable bonds is 2. The van der Waals surface area contributed by atoms with E-state index in [1.54, 1.807) is 11.3 Å². The molecule has 0 aliphatic carbocycles. The summed E-state index contributed by atoms with van der Waals surface area (Å²) in [7, 11) is 0. The molecule has 0 atom stereocenters. The first kappa shape index (κ1) is 19.0. The Balaban J connectivity index is 1.56. The third-order valence-electron chi connectivity index (χ3n) is 5.72. The Bertz CT molecular complexity index is 1320. The highest BCUT2D eigenvalue weighted by molar-refractivity contribution is 7.21. The Morgan fingerprint density at radius 3 is 2.47 bits per heavy atom. The van der Waals surface area contributed by atoms with Gasteiger partial charge in [-0.15, -0.1) is 11.3 Å². The van der Waals surface area contributed by atoms with Crippen LogP contribution < -0.4 is 5.56 Å². The molecule has 150 valence electrons. The van der Waals surface area contributed by atoms with Crippen LogP contribution in [0.3, 0.4) is 0 Å². The number of allylic oxidation sites excluding steroid dienone is 1. The summed E-state index contributed by atoms with van der Waals surface area (Å²) in [5.41, 5.74) is 4.94. The molecule has 0 radical (unpaired) electrons. The molecule has 2 aromatic carbocycles. The van der Waals surface area contributed by atoms with E-state index in [0.717, 1.165) is 44.0 Å². The number of aromatic nitrogens is 2. The maximum Gasteiger partial charge on any atom is 0.262 e. The van der Waals surface area contributed by atoms with Crippen molar-refractivity contribution in [3.8, 4) is 10.4 Å². The molecule has 0 fully saturated rings. The molecule has 2 aromatic heterocycles. The molecule has 0 bridgehead atoms. The van der Waals surface area contributed by atoms with Crippen molar-refractivity contribution in [2.24, 2.45) is 0 Å². The maximum absolute atomic E-state index is 13.1. The van der Waals surface area contributed by atoms with Gasteiger partial charge in [0.15, 0.2) is 0 Å². The van der Waals surface area contributed by atoms with E-state index in [9.17, 15) is 4.79 Å². The smallest absolute Gasteiger partial charge is 0.262 e. The van der Waals surface area contributed by atoms with E-state index >= 15 is 0 Å². The van der Waals surface area contributed by atoms with Gasteiger partial charge in [-0.05, 0) is 46.2 Å². The van der Waals surface area contributed by atoms with Crippen LogP contribution in [0.1, 0.15) is 44.1 Å². The fraction of sp³-hybridized carbons (Fsp3) is 0.231. The van der Waals surface area contributed by atoms with E-state index in [2.05, 4.69) is 63.2 Å². The zero-order chi connectivity index (χ0) is 20.9. The van der Waals surface area contributed by atoms with E-state index in [1.165, 1.54) is 5.56 Å². The van der Waals surface area contributed by atoms with Gasteiger partial charge in [-0.3, -0.25) is 9.36 Å². The fourth-order valence-corrected chi connectivity index (χ4v) is 5.00. The summed E-state index contributed by atoms with van der Waals surface area (Å²) < 4.78 is 1.83. The molecule has 1 aliphatic rings. The molecular formula is C26H24N2OS. The van der Waals surface area contributed by atoms with Crippen molar-refractivity contribution < 1.29 is 0 Å². The van der Waals surface area contributed by atoms with Crippen LogP contribution in [-0.2, 0) is 12.0 Å². The van der Waals surface area contributed by atoms with Crippen molar-refractivity contribution >= 4 is 33.2 Å². The molecule has 0 saturated heterocycles. The number of hydrogen-bond acceptors (Lipinski definition) is 3. The van der Waals surface area contributed by atoms with Crippen LogP contribution in [0.4, 0.5) is 0 Å². The predicted octanol–water partition coefficient (Wildman–Crippen LogP) is 6.37. The third kappa shape index (κ3) is 3.31. The molecular weight excluding hydrogens is 388 g/mol. The standard InChI is InChI=1S/C26H24N2OS/c1-26(2,3)20-11-9-17(10-12-20)15-19-13-14-28-23(19)27-24-21(25(28)29)16-22(30-24)18-7-5-4-6-8-18/h4-12,15-16H,13-14H2,1-3H3. The highest BCUT2D eigenvalue weighted by Gasteiger charge is 2.22. The van der Waals surface area contributed by atoms with E-state index in [4.69, 9.17) is 4.98 Å². The van der Waals surface area contributed by atoms with Gasteiger partial charge >= 0.3 is 0 Å². The van der Waals surface area contributed by atoms with Crippen LogP contribution in [0, 0.1) is 0 Å².